The van der Waals surface area contributed by atoms with Gasteiger partial charge in [-0.15, -0.1) is 0 Å². The molecule has 1 saturated heterocycles. The number of rotatable bonds is 5. The second-order valence-corrected chi connectivity index (χ2v) is 4.82. The Bertz CT molecular complexity index is 466. The molecule has 1 amide bonds. The summed E-state index contributed by atoms with van der Waals surface area (Å²) in [5.41, 5.74) is 1.87. The van der Waals surface area contributed by atoms with Gasteiger partial charge in [0.2, 0.25) is 5.91 Å². The van der Waals surface area contributed by atoms with Gasteiger partial charge in [0.25, 0.3) is 0 Å². The first-order chi connectivity index (χ1) is 9.06. The number of benzene rings is 1. The maximum Gasteiger partial charge on any atom is 0.323 e. The van der Waals surface area contributed by atoms with Crippen LogP contribution in [0.1, 0.15) is 12.0 Å². The number of carbonyl (C=O) groups is 2. The summed E-state index contributed by atoms with van der Waals surface area (Å²) in [5.74, 6) is -0.940. The van der Waals surface area contributed by atoms with E-state index in [-0.39, 0.29) is 19.0 Å². The molecular formula is C14H18N2O3. The van der Waals surface area contributed by atoms with Gasteiger partial charge in [0.05, 0.1) is 6.54 Å². The van der Waals surface area contributed by atoms with Gasteiger partial charge in [-0.05, 0) is 25.5 Å². The first-order valence-corrected chi connectivity index (χ1v) is 6.37. The van der Waals surface area contributed by atoms with E-state index < -0.39 is 5.97 Å². The van der Waals surface area contributed by atoms with Crippen LogP contribution in [0.4, 0.5) is 5.69 Å². The van der Waals surface area contributed by atoms with Gasteiger partial charge in [-0.2, -0.15) is 0 Å². The number of hydrogen-bond donors (Lipinski definition) is 1. The average Bonchev–Trinajstić information content (AvgIpc) is 2.26. The number of carboxylic acid groups (broad SMARTS) is 1. The van der Waals surface area contributed by atoms with Crippen LogP contribution >= 0.6 is 0 Å². The molecule has 0 spiro atoms. The van der Waals surface area contributed by atoms with Crippen molar-refractivity contribution in [1.82, 2.24) is 4.90 Å². The molecule has 0 bridgehead atoms. The Balaban J connectivity index is 2.08. The third-order valence-electron chi connectivity index (χ3n) is 3.26. The van der Waals surface area contributed by atoms with Crippen molar-refractivity contribution < 1.29 is 14.7 Å². The lowest BCUT2D eigenvalue weighted by Crippen LogP contribution is -2.48. The fourth-order valence-electron chi connectivity index (χ4n) is 1.99. The van der Waals surface area contributed by atoms with E-state index >= 15 is 0 Å². The highest BCUT2D eigenvalue weighted by Crippen LogP contribution is 2.16. The lowest BCUT2D eigenvalue weighted by atomic mass is 10.2. The van der Waals surface area contributed by atoms with Gasteiger partial charge >= 0.3 is 5.97 Å². The summed E-state index contributed by atoms with van der Waals surface area (Å²) in [6, 6.07) is 7.53. The Kier molecular flexibility index (Phi) is 4.04. The molecule has 0 aromatic heterocycles. The highest BCUT2D eigenvalue weighted by molar-refractivity contribution is 5.84. The maximum absolute atomic E-state index is 11.9. The molecule has 1 aliphatic heterocycles. The van der Waals surface area contributed by atoms with E-state index in [9.17, 15) is 9.59 Å². The molecule has 0 radical (unpaired) electrons. The van der Waals surface area contributed by atoms with E-state index in [2.05, 4.69) is 0 Å². The first kappa shape index (κ1) is 13.4. The van der Waals surface area contributed by atoms with Gasteiger partial charge in [-0.1, -0.05) is 17.7 Å². The van der Waals surface area contributed by atoms with Crippen molar-refractivity contribution in [2.75, 3.05) is 31.1 Å². The number of hydrogen-bond acceptors (Lipinski definition) is 3. The number of carbonyl (C=O) groups excluding carboxylic acids is 1. The third-order valence-corrected chi connectivity index (χ3v) is 3.26. The summed E-state index contributed by atoms with van der Waals surface area (Å²) in [7, 11) is 0. The van der Waals surface area contributed by atoms with Gasteiger partial charge < -0.3 is 14.9 Å². The number of anilines is 1. The first-order valence-electron chi connectivity index (χ1n) is 6.37. The zero-order valence-corrected chi connectivity index (χ0v) is 11.0. The molecule has 102 valence electrons. The molecule has 2 rings (SSSR count). The minimum atomic E-state index is -0.933. The third kappa shape index (κ3) is 3.47. The molecule has 5 heteroatoms. The quantitative estimate of drug-likeness (QED) is 0.863. The van der Waals surface area contributed by atoms with Gasteiger partial charge in [0.15, 0.2) is 0 Å². The summed E-state index contributed by atoms with van der Waals surface area (Å²) in [4.78, 5) is 26.2. The Morgan fingerprint density at radius 3 is 2.32 bits per heavy atom. The average molecular weight is 262 g/mol. The zero-order chi connectivity index (χ0) is 13.8. The Labute approximate surface area is 112 Å². The Morgan fingerprint density at radius 2 is 1.84 bits per heavy atom. The molecule has 5 nitrogen and oxygen atoms in total. The molecule has 19 heavy (non-hydrogen) atoms. The monoisotopic (exact) mass is 262 g/mol. The summed E-state index contributed by atoms with van der Waals surface area (Å²) in [6.45, 7) is 3.50. The van der Waals surface area contributed by atoms with Crippen molar-refractivity contribution in [3.05, 3.63) is 29.8 Å². The molecule has 0 saturated carbocycles. The largest absolute Gasteiger partial charge is 0.480 e. The summed E-state index contributed by atoms with van der Waals surface area (Å²) < 4.78 is 0. The highest BCUT2D eigenvalue weighted by atomic mass is 16.4. The molecule has 1 aliphatic rings. The number of aliphatic carboxylic acids is 1. The van der Waals surface area contributed by atoms with Crippen molar-refractivity contribution in [3.63, 3.8) is 0 Å². The normalized spacial score (nSPS) is 13.8. The van der Waals surface area contributed by atoms with Crippen LogP contribution in [0.25, 0.3) is 0 Å². The van der Waals surface area contributed by atoms with E-state index in [0.717, 1.165) is 30.8 Å². The number of aryl methyl sites for hydroxylation is 1. The van der Waals surface area contributed by atoms with Crippen LogP contribution in [0.3, 0.4) is 0 Å². The standard InChI is InChI=1S/C14H18N2O3/c1-11-3-5-12(6-4-11)16(10-14(18)19)9-13(17)15-7-2-8-15/h3-6H,2,7-10H2,1H3,(H,18,19). The summed E-state index contributed by atoms with van der Waals surface area (Å²) in [5, 5.41) is 8.96. The van der Waals surface area contributed by atoms with Crippen molar-refractivity contribution in [2.45, 2.75) is 13.3 Å². The SMILES string of the molecule is Cc1ccc(N(CC(=O)O)CC(=O)N2CCC2)cc1. The lowest BCUT2D eigenvalue weighted by Gasteiger charge is -2.33. The van der Waals surface area contributed by atoms with Crippen LogP contribution in [0.2, 0.25) is 0 Å². The van der Waals surface area contributed by atoms with Crippen molar-refractivity contribution in [2.24, 2.45) is 0 Å². The van der Waals surface area contributed by atoms with Crippen LogP contribution in [0.5, 0.6) is 0 Å². The second-order valence-electron chi connectivity index (χ2n) is 4.82. The molecule has 1 N–H and O–H groups in total. The van der Waals surface area contributed by atoms with Crippen LogP contribution in [-0.4, -0.2) is 48.1 Å². The molecule has 1 aromatic rings. The van der Waals surface area contributed by atoms with E-state index in [1.54, 1.807) is 9.80 Å². The van der Waals surface area contributed by atoms with Crippen molar-refractivity contribution >= 4 is 17.6 Å². The molecule has 1 heterocycles. The molecular weight excluding hydrogens is 244 g/mol. The molecule has 0 atom stereocenters. The predicted octanol–water partition coefficient (Wildman–Crippen LogP) is 1.12. The molecule has 0 unspecified atom stereocenters. The van der Waals surface area contributed by atoms with E-state index in [4.69, 9.17) is 5.11 Å². The van der Waals surface area contributed by atoms with Crippen molar-refractivity contribution in [1.29, 1.82) is 0 Å². The van der Waals surface area contributed by atoms with E-state index in [1.165, 1.54) is 0 Å². The predicted molar refractivity (Wildman–Crippen MR) is 72.2 cm³/mol. The summed E-state index contributed by atoms with van der Waals surface area (Å²) >= 11 is 0. The number of amides is 1. The zero-order valence-electron chi connectivity index (χ0n) is 11.0. The summed E-state index contributed by atoms with van der Waals surface area (Å²) in [6.07, 6.45) is 1.04. The van der Waals surface area contributed by atoms with E-state index in [1.807, 2.05) is 31.2 Å². The molecule has 1 aromatic carbocycles. The van der Waals surface area contributed by atoms with Gasteiger partial charge in [-0.25, -0.2) is 0 Å². The fraction of sp³-hybridized carbons (Fsp3) is 0.429. The smallest absolute Gasteiger partial charge is 0.323 e. The number of nitrogens with zero attached hydrogens (tertiary/aromatic N) is 2. The number of likely N-dealkylation sites (tertiary alicyclic amines) is 1. The lowest BCUT2D eigenvalue weighted by molar-refractivity contribution is -0.135. The fourth-order valence-corrected chi connectivity index (χ4v) is 1.99. The molecule has 0 aliphatic carbocycles. The highest BCUT2D eigenvalue weighted by Gasteiger charge is 2.23. The minimum Gasteiger partial charge on any atom is -0.480 e. The van der Waals surface area contributed by atoms with Gasteiger partial charge in [-0.3, -0.25) is 9.59 Å². The van der Waals surface area contributed by atoms with Crippen LogP contribution in [0, 0.1) is 6.92 Å². The maximum atomic E-state index is 11.9. The topological polar surface area (TPSA) is 60.9 Å². The Hall–Kier alpha value is -2.04. The van der Waals surface area contributed by atoms with Gasteiger partial charge in [0.1, 0.15) is 6.54 Å². The Morgan fingerprint density at radius 1 is 1.21 bits per heavy atom. The van der Waals surface area contributed by atoms with E-state index in [0.29, 0.717) is 0 Å². The second kappa shape index (κ2) is 5.73. The van der Waals surface area contributed by atoms with Crippen LogP contribution in [-0.2, 0) is 9.59 Å². The van der Waals surface area contributed by atoms with Gasteiger partial charge in [0, 0.05) is 18.8 Å². The minimum absolute atomic E-state index is 0.00641. The van der Waals surface area contributed by atoms with Crippen LogP contribution < -0.4 is 4.90 Å². The molecule has 1 fully saturated rings. The number of carboxylic acids is 1. The van der Waals surface area contributed by atoms with Crippen molar-refractivity contribution in [3.8, 4) is 0 Å². The van der Waals surface area contributed by atoms with Crippen LogP contribution in [0.15, 0.2) is 24.3 Å².